The lowest BCUT2D eigenvalue weighted by molar-refractivity contribution is -0.123. The molecule has 1 aliphatic rings. The summed E-state index contributed by atoms with van der Waals surface area (Å²) in [7, 11) is 0. The third kappa shape index (κ3) is 4.39. The highest BCUT2D eigenvalue weighted by Crippen LogP contribution is 2.26. The molecule has 2 unspecified atom stereocenters. The first-order valence-corrected chi connectivity index (χ1v) is 7.39. The second-order valence-corrected chi connectivity index (χ2v) is 5.90. The molecule has 0 spiro atoms. The van der Waals surface area contributed by atoms with E-state index in [-0.39, 0.29) is 18.6 Å². The summed E-state index contributed by atoms with van der Waals surface area (Å²) in [6.45, 7) is 2.28. The number of benzene rings is 1. The summed E-state index contributed by atoms with van der Waals surface area (Å²) in [4.78, 5) is 11.9. The number of nitrogens with one attached hydrogen (secondary N) is 1. The Balaban J connectivity index is 1.82. The number of nitrogens with two attached hydrogens (primary N) is 1. The molecular weight excluding hydrogens is 276 g/mol. The van der Waals surface area contributed by atoms with Crippen LogP contribution in [0.3, 0.4) is 0 Å². The lowest BCUT2D eigenvalue weighted by Gasteiger charge is -2.26. The zero-order valence-corrected chi connectivity index (χ0v) is 12.5. The molecule has 1 aliphatic carbocycles. The summed E-state index contributed by atoms with van der Waals surface area (Å²) in [5.41, 5.74) is 6.76. The fraction of sp³-hybridized carbons (Fsp3) is 0.533. The van der Waals surface area contributed by atoms with E-state index >= 15 is 0 Å². The Morgan fingerprint density at radius 1 is 1.50 bits per heavy atom. The van der Waals surface area contributed by atoms with Gasteiger partial charge in [-0.15, -0.1) is 0 Å². The second kappa shape index (κ2) is 6.95. The van der Waals surface area contributed by atoms with Crippen molar-refractivity contribution in [2.45, 2.75) is 38.7 Å². The monoisotopic (exact) mass is 296 g/mol. The van der Waals surface area contributed by atoms with Crippen LogP contribution in [0.1, 0.15) is 32.6 Å². The van der Waals surface area contributed by atoms with Gasteiger partial charge in [-0.1, -0.05) is 31.4 Å². The zero-order valence-electron chi connectivity index (χ0n) is 11.7. The molecule has 0 bridgehead atoms. The van der Waals surface area contributed by atoms with Gasteiger partial charge in [-0.3, -0.25) is 4.79 Å². The van der Waals surface area contributed by atoms with E-state index in [1.807, 2.05) is 0 Å². The Hall–Kier alpha value is -1.26. The van der Waals surface area contributed by atoms with Gasteiger partial charge < -0.3 is 15.8 Å². The van der Waals surface area contributed by atoms with Crippen LogP contribution in [0.5, 0.6) is 0 Å². The molecule has 2 atom stereocenters. The van der Waals surface area contributed by atoms with Crippen molar-refractivity contribution < 1.29 is 9.53 Å². The predicted molar refractivity (Wildman–Crippen MR) is 81.9 cm³/mol. The van der Waals surface area contributed by atoms with Crippen LogP contribution >= 0.6 is 11.6 Å². The van der Waals surface area contributed by atoms with Gasteiger partial charge in [0.1, 0.15) is 6.61 Å². The van der Waals surface area contributed by atoms with Crippen molar-refractivity contribution in [3.8, 4) is 0 Å². The van der Waals surface area contributed by atoms with E-state index in [4.69, 9.17) is 22.1 Å². The van der Waals surface area contributed by atoms with Gasteiger partial charge in [-0.25, -0.2) is 0 Å². The predicted octanol–water partition coefficient (Wildman–Crippen LogP) is 3.46. The molecule has 2 rings (SSSR count). The number of nitrogen functional groups attached to an aromatic ring is 1. The lowest BCUT2D eigenvalue weighted by Crippen LogP contribution is -2.27. The van der Waals surface area contributed by atoms with Crippen molar-refractivity contribution in [3.63, 3.8) is 0 Å². The van der Waals surface area contributed by atoms with Crippen LogP contribution < -0.4 is 11.1 Å². The van der Waals surface area contributed by atoms with Gasteiger partial charge in [-0.05, 0) is 37.0 Å². The Bertz CT molecular complexity index is 479. The molecule has 1 fully saturated rings. The van der Waals surface area contributed by atoms with E-state index in [1.165, 1.54) is 12.8 Å². The number of hydrogen-bond acceptors (Lipinski definition) is 3. The first-order chi connectivity index (χ1) is 9.54. The van der Waals surface area contributed by atoms with Crippen LogP contribution in [0, 0.1) is 5.92 Å². The quantitative estimate of drug-likeness (QED) is 0.836. The van der Waals surface area contributed by atoms with Crippen LogP contribution in [0.25, 0.3) is 0 Å². The van der Waals surface area contributed by atoms with Gasteiger partial charge in [0.15, 0.2) is 0 Å². The topological polar surface area (TPSA) is 64.3 Å². The first-order valence-electron chi connectivity index (χ1n) is 7.01. The van der Waals surface area contributed by atoms with Crippen LogP contribution in [0.2, 0.25) is 5.02 Å². The van der Waals surface area contributed by atoms with E-state index in [0.29, 0.717) is 22.3 Å². The fourth-order valence-corrected chi connectivity index (χ4v) is 2.71. The number of hydrogen-bond donors (Lipinski definition) is 2. The lowest BCUT2D eigenvalue weighted by atomic mass is 9.89. The minimum Gasteiger partial charge on any atom is -0.399 e. The van der Waals surface area contributed by atoms with E-state index in [2.05, 4.69) is 12.2 Å². The number of rotatable bonds is 4. The summed E-state index contributed by atoms with van der Waals surface area (Å²) in [6.07, 6.45) is 4.70. The Labute approximate surface area is 124 Å². The summed E-state index contributed by atoms with van der Waals surface area (Å²) in [5.74, 6) is 0.482. The number of carbonyl (C=O) groups is 1. The maximum atomic E-state index is 11.9. The van der Waals surface area contributed by atoms with Crippen molar-refractivity contribution >= 4 is 28.9 Å². The van der Waals surface area contributed by atoms with Gasteiger partial charge in [0.25, 0.3) is 0 Å². The van der Waals surface area contributed by atoms with E-state index in [0.717, 1.165) is 12.8 Å². The Morgan fingerprint density at radius 2 is 2.30 bits per heavy atom. The Kier molecular flexibility index (Phi) is 5.26. The van der Waals surface area contributed by atoms with Gasteiger partial charge in [-0.2, -0.15) is 0 Å². The molecule has 0 aliphatic heterocycles. The molecule has 20 heavy (non-hydrogen) atoms. The number of amides is 1. The van der Waals surface area contributed by atoms with Crippen molar-refractivity contribution in [2.24, 2.45) is 5.92 Å². The van der Waals surface area contributed by atoms with Gasteiger partial charge in [0, 0.05) is 5.69 Å². The Morgan fingerprint density at radius 3 is 3.05 bits per heavy atom. The molecule has 0 aromatic heterocycles. The van der Waals surface area contributed by atoms with E-state index < -0.39 is 0 Å². The van der Waals surface area contributed by atoms with E-state index in [9.17, 15) is 4.79 Å². The summed E-state index contributed by atoms with van der Waals surface area (Å²) in [6, 6.07) is 5.00. The maximum Gasteiger partial charge on any atom is 0.250 e. The number of carbonyl (C=O) groups excluding carboxylic acids is 1. The molecular formula is C15H21ClN2O2. The van der Waals surface area contributed by atoms with Gasteiger partial charge >= 0.3 is 0 Å². The third-order valence-corrected chi connectivity index (χ3v) is 3.93. The first kappa shape index (κ1) is 15.1. The molecule has 3 N–H and O–H groups in total. The molecule has 110 valence electrons. The smallest absolute Gasteiger partial charge is 0.250 e. The number of ether oxygens (including phenoxy) is 1. The highest BCUT2D eigenvalue weighted by Gasteiger charge is 2.20. The largest absolute Gasteiger partial charge is 0.399 e. The molecule has 0 heterocycles. The van der Waals surface area contributed by atoms with Crippen LogP contribution in [-0.2, 0) is 9.53 Å². The second-order valence-electron chi connectivity index (χ2n) is 5.49. The van der Waals surface area contributed by atoms with Crippen LogP contribution in [-0.4, -0.2) is 18.6 Å². The summed E-state index contributed by atoms with van der Waals surface area (Å²) < 4.78 is 5.67. The maximum absolute atomic E-state index is 11.9. The molecule has 1 amide bonds. The van der Waals surface area contributed by atoms with Crippen molar-refractivity contribution in [1.29, 1.82) is 0 Å². The summed E-state index contributed by atoms with van der Waals surface area (Å²) >= 11 is 6.00. The molecule has 0 saturated heterocycles. The third-order valence-electron chi connectivity index (χ3n) is 3.60. The molecule has 1 aromatic rings. The minimum atomic E-state index is -0.198. The molecule has 1 aromatic carbocycles. The molecule has 1 saturated carbocycles. The molecule has 0 radical (unpaired) electrons. The average Bonchev–Trinajstić information content (AvgIpc) is 2.41. The van der Waals surface area contributed by atoms with E-state index in [1.54, 1.807) is 18.2 Å². The minimum absolute atomic E-state index is 0.0581. The van der Waals surface area contributed by atoms with Gasteiger partial charge in [0.05, 0.1) is 16.8 Å². The summed E-state index contributed by atoms with van der Waals surface area (Å²) in [5, 5.41) is 3.20. The molecule has 5 heteroatoms. The van der Waals surface area contributed by atoms with Crippen molar-refractivity contribution in [1.82, 2.24) is 0 Å². The van der Waals surface area contributed by atoms with Crippen molar-refractivity contribution in [3.05, 3.63) is 23.2 Å². The number of halogens is 1. The standard InChI is InChI=1S/C15H21ClN2O2/c1-10-3-2-4-12(7-10)20-9-15(19)18-14-8-11(17)5-6-13(14)16/h5-6,8,10,12H,2-4,7,9,17H2,1H3,(H,18,19). The highest BCUT2D eigenvalue weighted by molar-refractivity contribution is 6.33. The number of anilines is 2. The van der Waals surface area contributed by atoms with Crippen LogP contribution in [0.15, 0.2) is 18.2 Å². The van der Waals surface area contributed by atoms with Crippen molar-refractivity contribution in [2.75, 3.05) is 17.7 Å². The zero-order chi connectivity index (χ0) is 14.5. The SMILES string of the molecule is CC1CCCC(OCC(=O)Nc2cc(N)ccc2Cl)C1. The normalized spacial score (nSPS) is 22.5. The van der Waals surface area contributed by atoms with Gasteiger partial charge in [0.2, 0.25) is 5.91 Å². The average molecular weight is 297 g/mol. The fourth-order valence-electron chi connectivity index (χ4n) is 2.55. The van der Waals surface area contributed by atoms with Crippen LogP contribution in [0.4, 0.5) is 11.4 Å². The highest BCUT2D eigenvalue weighted by atomic mass is 35.5. The molecule has 4 nitrogen and oxygen atoms in total.